The zero-order valence-corrected chi connectivity index (χ0v) is 13.1. The standard InChI is InChI=1S/C13H12O2.2ClH.Ru/c1-9-8-10-6-4-5-7-11(10)13(15-3)12(9)14-2;;;/h1,4-8H,2-3H3;2*1H;/q;;;+2/p-2. The zero-order valence-electron chi connectivity index (χ0n) is 9.89. The first-order chi connectivity index (χ1) is 8.67. The summed E-state index contributed by atoms with van der Waals surface area (Å²) in [6.07, 6.45) is 0. The maximum atomic E-state index is 5.94. The molecule has 2 nitrogen and oxygen atoms in total. The van der Waals surface area contributed by atoms with Gasteiger partial charge in [0.25, 0.3) is 0 Å². The number of halogens is 2. The monoisotopic (exact) mass is 372 g/mol. The van der Waals surface area contributed by atoms with Gasteiger partial charge in [0.15, 0.2) is 0 Å². The molecule has 0 fully saturated rings. The molecule has 0 radical (unpaired) electrons. The summed E-state index contributed by atoms with van der Waals surface area (Å²) in [7, 11) is 15.1. The van der Waals surface area contributed by atoms with Gasteiger partial charge in [0.05, 0.1) is 0 Å². The van der Waals surface area contributed by atoms with Crippen molar-refractivity contribution in [2.75, 3.05) is 14.2 Å². The molecule has 0 aliphatic carbocycles. The third-order valence-corrected chi connectivity index (χ3v) is 4.41. The molecule has 5 heteroatoms. The van der Waals surface area contributed by atoms with Crippen LogP contribution in [0, 0.1) is 0 Å². The van der Waals surface area contributed by atoms with Crippen molar-refractivity contribution >= 4 is 34.8 Å². The first-order valence-electron chi connectivity index (χ1n) is 5.14. The van der Waals surface area contributed by atoms with E-state index in [0.717, 1.165) is 16.3 Å². The molecule has 0 atom stereocenters. The predicted molar refractivity (Wildman–Crippen MR) is 73.9 cm³/mol. The normalized spacial score (nSPS) is 11.2. The van der Waals surface area contributed by atoms with Crippen LogP contribution in [0.2, 0.25) is 0 Å². The van der Waals surface area contributed by atoms with Crippen molar-refractivity contribution in [3.63, 3.8) is 0 Å². The van der Waals surface area contributed by atoms with Crippen LogP contribution in [-0.2, 0) is 13.5 Å². The molecular formula is C13H12Cl2O2Ru. The molecular weight excluding hydrogens is 360 g/mol. The second-order valence-corrected chi connectivity index (χ2v) is 9.29. The van der Waals surface area contributed by atoms with Gasteiger partial charge in [-0.1, -0.05) is 0 Å². The van der Waals surface area contributed by atoms with Gasteiger partial charge in [-0.15, -0.1) is 0 Å². The molecule has 98 valence electrons. The van der Waals surface area contributed by atoms with E-state index < -0.39 is 13.5 Å². The molecule has 0 amide bonds. The van der Waals surface area contributed by atoms with Gasteiger partial charge in [0.2, 0.25) is 0 Å². The number of rotatable bonds is 3. The van der Waals surface area contributed by atoms with Crippen LogP contribution < -0.4 is 9.47 Å². The fraction of sp³-hybridized carbons (Fsp3) is 0.154. The summed E-state index contributed by atoms with van der Waals surface area (Å²) in [5.41, 5.74) is 0.886. The number of fused-ring (bicyclic) bond motifs is 1. The van der Waals surface area contributed by atoms with Crippen LogP contribution in [0.5, 0.6) is 11.5 Å². The van der Waals surface area contributed by atoms with Crippen molar-refractivity contribution in [3.05, 3.63) is 35.9 Å². The molecule has 0 aliphatic heterocycles. The number of ether oxygens (including phenoxy) is 2. The van der Waals surface area contributed by atoms with E-state index in [0.29, 0.717) is 11.5 Å². The van der Waals surface area contributed by atoms with Crippen LogP contribution in [-0.4, -0.2) is 18.8 Å². The van der Waals surface area contributed by atoms with Gasteiger partial charge >= 0.3 is 119 Å². The Labute approximate surface area is 119 Å². The number of methoxy groups -OCH3 is 2. The van der Waals surface area contributed by atoms with Crippen molar-refractivity contribution in [2.24, 2.45) is 0 Å². The first kappa shape index (κ1) is 13.8. The van der Waals surface area contributed by atoms with Crippen LogP contribution in [0.3, 0.4) is 0 Å². The van der Waals surface area contributed by atoms with Crippen molar-refractivity contribution < 1.29 is 23.0 Å². The quantitative estimate of drug-likeness (QED) is 0.761. The molecule has 2 rings (SSSR count). The molecule has 0 unspecified atom stereocenters. The SMILES string of the molecule is COc1c([CH]=[Ru]([Cl])[Cl])cc2ccccc2c1OC. The zero-order chi connectivity index (χ0) is 13.1. The van der Waals surface area contributed by atoms with Gasteiger partial charge in [0, 0.05) is 0 Å². The topological polar surface area (TPSA) is 18.5 Å². The summed E-state index contributed by atoms with van der Waals surface area (Å²) in [5.74, 6) is 1.39. The van der Waals surface area contributed by atoms with Gasteiger partial charge in [-0.2, -0.15) is 0 Å². The summed E-state index contributed by atoms with van der Waals surface area (Å²) in [6, 6.07) is 9.98. The van der Waals surface area contributed by atoms with Gasteiger partial charge in [-0.05, 0) is 0 Å². The fourth-order valence-electron chi connectivity index (χ4n) is 1.89. The number of hydrogen-bond donors (Lipinski definition) is 0. The van der Waals surface area contributed by atoms with E-state index in [2.05, 4.69) is 0 Å². The van der Waals surface area contributed by atoms with Crippen molar-refractivity contribution in [3.8, 4) is 11.5 Å². The Balaban J connectivity index is 2.82. The summed E-state index contributed by atoms with van der Waals surface area (Å²) in [4.78, 5) is 0. The molecule has 0 aromatic heterocycles. The van der Waals surface area contributed by atoms with Crippen LogP contribution in [0.25, 0.3) is 10.8 Å². The van der Waals surface area contributed by atoms with E-state index in [-0.39, 0.29) is 0 Å². The average Bonchev–Trinajstić information content (AvgIpc) is 2.36. The Morgan fingerprint density at radius 3 is 2.33 bits per heavy atom. The minimum absolute atomic E-state index is 0.677. The van der Waals surface area contributed by atoms with E-state index in [1.54, 1.807) is 14.2 Å². The Bertz CT molecular complexity index is 607. The minimum atomic E-state index is -1.91. The first-order valence-corrected chi connectivity index (χ1v) is 10.6. The summed E-state index contributed by atoms with van der Waals surface area (Å²) in [6.45, 7) is 0. The van der Waals surface area contributed by atoms with Crippen LogP contribution in [0.4, 0.5) is 0 Å². The van der Waals surface area contributed by atoms with E-state index in [1.807, 2.05) is 34.9 Å². The predicted octanol–water partition coefficient (Wildman–Crippen LogP) is 3.93. The second kappa shape index (κ2) is 6.01. The fourth-order valence-corrected chi connectivity index (χ4v) is 3.65. The molecule has 0 spiro atoms. The molecule has 2 aromatic carbocycles. The van der Waals surface area contributed by atoms with Crippen LogP contribution >= 0.6 is 19.4 Å². The Morgan fingerprint density at radius 2 is 1.72 bits per heavy atom. The Morgan fingerprint density at radius 1 is 1.06 bits per heavy atom. The molecule has 0 saturated heterocycles. The molecule has 0 bridgehead atoms. The van der Waals surface area contributed by atoms with Gasteiger partial charge in [-0.25, -0.2) is 0 Å². The summed E-state index contributed by atoms with van der Waals surface area (Å²) < 4.78 is 12.7. The molecule has 0 saturated carbocycles. The van der Waals surface area contributed by atoms with Crippen LogP contribution in [0.15, 0.2) is 30.3 Å². The molecule has 0 heterocycles. The van der Waals surface area contributed by atoms with Crippen molar-refractivity contribution in [2.45, 2.75) is 0 Å². The molecule has 0 aliphatic rings. The van der Waals surface area contributed by atoms with E-state index >= 15 is 0 Å². The van der Waals surface area contributed by atoms with Gasteiger partial charge < -0.3 is 0 Å². The second-order valence-electron chi connectivity index (χ2n) is 3.56. The molecule has 0 N–H and O–H groups in total. The Hall–Kier alpha value is -0.627. The average molecular weight is 372 g/mol. The number of hydrogen-bond acceptors (Lipinski definition) is 2. The van der Waals surface area contributed by atoms with E-state index in [9.17, 15) is 0 Å². The molecule has 2 aromatic rings. The van der Waals surface area contributed by atoms with Gasteiger partial charge in [0.1, 0.15) is 0 Å². The maximum absolute atomic E-state index is 5.94. The number of benzene rings is 2. The third kappa shape index (κ3) is 2.69. The Kier molecular flexibility index (Phi) is 4.61. The third-order valence-electron chi connectivity index (χ3n) is 2.58. The van der Waals surface area contributed by atoms with Crippen molar-refractivity contribution in [1.29, 1.82) is 0 Å². The summed E-state index contributed by atoms with van der Waals surface area (Å²) in [5, 5.41) is 2.09. The van der Waals surface area contributed by atoms with E-state index in [1.165, 1.54) is 0 Å². The molecule has 18 heavy (non-hydrogen) atoms. The van der Waals surface area contributed by atoms with Crippen molar-refractivity contribution in [1.82, 2.24) is 0 Å². The van der Waals surface area contributed by atoms with E-state index in [4.69, 9.17) is 28.9 Å². The van der Waals surface area contributed by atoms with Crippen LogP contribution in [0.1, 0.15) is 5.56 Å². The van der Waals surface area contributed by atoms with Gasteiger partial charge in [-0.3, -0.25) is 0 Å². The summed E-state index contributed by atoms with van der Waals surface area (Å²) >= 11 is -1.91.